The number of nitrogen functional groups attached to an aromatic ring is 1. The van der Waals surface area contributed by atoms with Crippen LogP contribution in [0.3, 0.4) is 0 Å². The van der Waals surface area contributed by atoms with Crippen LogP contribution in [-0.2, 0) is 0 Å². The molecule has 0 radical (unpaired) electrons. The highest BCUT2D eigenvalue weighted by molar-refractivity contribution is 7.13. The van der Waals surface area contributed by atoms with Gasteiger partial charge in [0.15, 0.2) is 5.82 Å². The van der Waals surface area contributed by atoms with E-state index in [1.165, 1.54) is 0 Å². The molecule has 5 heteroatoms. The Morgan fingerprint density at radius 3 is 2.85 bits per heavy atom. The third kappa shape index (κ3) is 1.64. The fraction of sp³-hybridized carbons (Fsp3) is 0. The molecule has 2 rings (SSSR count). The first-order chi connectivity index (χ1) is 6.27. The fourth-order valence-corrected chi connectivity index (χ4v) is 1.75. The fourth-order valence-electron chi connectivity index (χ4n) is 0.923. The highest BCUT2D eigenvalue weighted by Gasteiger charge is 2.04. The van der Waals surface area contributed by atoms with Gasteiger partial charge in [-0.15, -0.1) is 21.5 Å². The predicted octanol–water partition coefficient (Wildman–Crippen LogP) is 2.44. The van der Waals surface area contributed by atoms with Crippen LogP contribution in [0.4, 0.5) is 5.82 Å². The molecule has 0 aliphatic rings. The van der Waals surface area contributed by atoms with Crippen molar-refractivity contribution in [2.24, 2.45) is 0 Å². The minimum absolute atomic E-state index is 0.266. The van der Waals surface area contributed by atoms with Gasteiger partial charge in [-0.25, -0.2) is 0 Å². The van der Waals surface area contributed by atoms with Crippen LogP contribution in [0.15, 0.2) is 23.6 Å². The molecule has 0 aromatic carbocycles. The first-order valence-electron chi connectivity index (χ1n) is 3.60. The SMILES string of the molecule is Nc1nnc(-c2cccs2)cc1Cl. The quantitative estimate of drug-likeness (QED) is 0.788. The van der Waals surface area contributed by atoms with Gasteiger partial charge in [0.1, 0.15) is 5.69 Å². The van der Waals surface area contributed by atoms with E-state index in [4.69, 9.17) is 17.3 Å². The summed E-state index contributed by atoms with van der Waals surface area (Å²) >= 11 is 7.40. The van der Waals surface area contributed by atoms with E-state index >= 15 is 0 Å². The molecule has 3 nitrogen and oxygen atoms in total. The number of nitrogens with zero attached hydrogens (tertiary/aromatic N) is 2. The minimum Gasteiger partial charge on any atom is -0.381 e. The van der Waals surface area contributed by atoms with Crippen LogP contribution in [0.5, 0.6) is 0 Å². The summed E-state index contributed by atoms with van der Waals surface area (Å²) in [6, 6.07) is 5.63. The predicted molar refractivity (Wildman–Crippen MR) is 54.8 cm³/mol. The molecule has 0 fully saturated rings. The van der Waals surface area contributed by atoms with Crippen molar-refractivity contribution in [3.8, 4) is 10.6 Å². The second-order valence-corrected chi connectivity index (χ2v) is 3.79. The van der Waals surface area contributed by atoms with Gasteiger partial charge < -0.3 is 5.73 Å². The van der Waals surface area contributed by atoms with E-state index in [1.54, 1.807) is 17.4 Å². The molecule has 0 atom stereocenters. The number of anilines is 1. The largest absolute Gasteiger partial charge is 0.381 e. The van der Waals surface area contributed by atoms with Gasteiger partial charge >= 0.3 is 0 Å². The van der Waals surface area contributed by atoms with E-state index in [2.05, 4.69) is 10.2 Å². The molecule has 0 saturated heterocycles. The molecule has 0 spiro atoms. The lowest BCUT2D eigenvalue weighted by atomic mass is 10.3. The number of rotatable bonds is 1. The van der Waals surface area contributed by atoms with Crippen LogP contribution in [0.1, 0.15) is 0 Å². The number of nitrogens with two attached hydrogens (primary N) is 1. The van der Waals surface area contributed by atoms with Crippen LogP contribution in [0.25, 0.3) is 10.6 Å². The van der Waals surface area contributed by atoms with Crippen LogP contribution in [-0.4, -0.2) is 10.2 Å². The smallest absolute Gasteiger partial charge is 0.164 e. The number of hydrogen-bond donors (Lipinski definition) is 1. The molecule has 66 valence electrons. The number of thiophene rings is 1. The molecule has 0 saturated carbocycles. The summed E-state index contributed by atoms with van der Waals surface area (Å²) in [4.78, 5) is 1.04. The van der Waals surface area contributed by atoms with Crippen molar-refractivity contribution >= 4 is 28.8 Å². The third-order valence-electron chi connectivity index (χ3n) is 1.55. The van der Waals surface area contributed by atoms with Gasteiger partial charge in [0, 0.05) is 0 Å². The number of hydrogen-bond acceptors (Lipinski definition) is 4. The lowest BCUT2D eigenvalue weighted by molar-refractivity contribution is 1.05. The maximum atomic E-state index is 5.81. The van der Waals surface area contributed by atoms with Crippen LogP contribution in [0.2, 0.25) is 5.02 Å². The number of halogens is 1. The maximum Gasteiger partial charge on any atom is 0.164 e. The minimum atomic E-state index is 0.266. The van der Waals surface area contributed by atoms with Gasteiger partial charge in [-0.05, 0) is 17.5 Å². The highest BCUT2D eigenvalue weighted by atomic mass is 35.5. The topological polar surface area (TPSA) is 51.8 Å². The normalized spacial score (nSPS) is 10.2. The van der Waals surface area contributed by atoms with Crippen molar-refractivity contribution in [3.63, 3.8) is 0 Å². The van der Waals surface area contributed by atoms with E-state index in [0.717, 1.165) is 10.6 Å². The zero-order valence-electron chi connectivity index (χ0n) is 6.57. The molecular formula is C8H6ClN3S. The summed E-state index contributed by atoms with van der Waals surface area (Å²) in [7, 11) is 0. The van der Waals surface area contributed by atoms with E-state index in [9.17, 15) is 0 Å². The summed E-state index contributed by atoms with van der Waals surface area (Å²) in [6.45, 7) is 0. The van der Waals surface area contributed by atoms with E-state index in [-0.39, 0.29) is 5.82 Å². The summed E-state index contributed by atoms with van der Waals surface area (Å²) in [5.74, 6) is 0.266. The molecule has 0 bridgehead atoms. The van der Waals surface area contributed by atoms with Crippen molar-refractivity contribution in [2.75, 3.05) is 5.73 Å². The Kier molecular flexibility index (Phi) is 2.16. The average molecular weight is 212 g/mol. The Balaban J connectivity index is 2.49. The van der Waals surface area contributed by atoms with Crippen molar-refractivity contribution < 1.29 is 0 Å². The standard InChI is InChI=1S/C8H6ClN3S/c9-5-4-6(11-12-8(5)10)7-2-1-3-13-7/h1-4H,(H2,10,12). The molecule has 2 aromatic heterocycles. The van der Waals surface area contributed by atoms with Gasteiger partial charge in [-0.3, -0.25) is 0 Å². The number of aromatic nitrogens is 2. The summed E-state index contributed by atoms with van der Waals surface area (Å²) in [5.41, 5.74) is 6.20. The maximum absolute atomic E-state index is 5.81. The molecule has 0 amide bonds. The van der Waals surface area contributed by atoms with E-state index < -0.39 is 0 Å². The zero-order chi connectivity index (χ0) is 9.26. The molecule has 0 unspecified atom stereocenters. The second kappa shape index (κ2) is 3.32. The lowest BCUT2D eigenvalue weighted by Crippen LogP contribution is -1.94. The van der Waals surface area contributed by atoms with Gasteiger partial charge in [-0.2, -0.15) is 0 Å². The molecule has 13 heavy (non-hydrogen) atoms. The van der Waals surface area contributed by atoms with Crippen molar-refractivity contribution in [3.05, 3.63) is 28.6 Å². The Morgan fingerprint density at radius 2 is 2.23 bits per heavy atom. The van der Waals surface area contributed by atoms with Gasteiger partial charge in [0.25, 0.3) is 0 Å². The third-order valence-corrected chi connectivity index (χ3v) is 2.74. The Bertz CT molecular complexity index is 413. The van der Waals surface area contributed by atoms with Crippen molar-refractivity contribution in [1.29, 1.82) is 0 Å². The van der Waals surface area contributed by atoms with Gasteiger partial charge in [-0.1, -0.05) is 17.7 Å². The molecule has 2 aromatic rings. The first kappa shape index (κ1) is 8.47. The molecule has 0 aliphatic carbocycles. The second-order valence-electron chi connectivity index (χ2n) is 2.44. The average Bonchev–Trinajstić information content (AvgIpc) is 2.62. The van der Waals surface area contributed by atoms with Gasteiger partial charge in [0.05, 0.1) is 9.90 Å². The molecule has 2 heterocycles. The first-order valence-corrected chi connectivity index (χ1v) is 4.86. The Morgan fingerprint density at radius 1 is 1.38 bits per heavy atom. The molecule has 0 aliphatic heterocycles. The Hall–Kier alpha value is -1.13. The van der Waals surface area contributed by atoms with Crippen LogP contribution < -0.4 is 5.73 Å². The van der Waals surface area contributed by atoms with E-state index in [1.807, 2.05) is 17.5 Å². The summed E-state index contributed by atoms with van der Waals surface area (Å²) in [5, 5.41) is 10.1. The lowest BCUT2D eigenvalue weighted by Gasteiger charge is -1.97. The molecule has 2 N–H and O–H groups in total. The Labute approximate surface area is 84.2 Å². The summed E-state index contributed by atoms with van der Waals surface area (Å²) in [6.07, 6.45) is 0. The van der Waals surface area contributed by atoms with Gasteiger partial charge in [0.2, 0.25) is 0 Å². The zero-order valence-corrected chi connectivity index (χ0v) is 8.14. The summed E-state index contributed by atoms with van der Waals surface area (Å²) < 4.78 is 0. The van der Waals surface area contributed by atoms with Crippen LogP contribution in [0, 0.1) is 0 Å². The highest BCUT2D eigenvalue weighted by Crippen LogP contribution is 2.25. The monoisotopic (exact) mass is 211 g/mol. The van der Waals surface area contributed by atoms with E-state index in [0.29, 0.717) is 5.02 Å². The van der Waals surface area contributed by atoms with Crippen molar-refractivity contribution in [2.45, 2.75) is 0 Å². The molecular weight excluding hydrogens is 206 g/mol. The van der Waals surface area contributed by atoms with Crippen LogP contribution >= 0.6 is 22.9 Å². The van der Waals surface area contributed by atoms with Crippen molar-refractivity contribution in [1.82, 2.24) is 10.2 Å².